The van der Waals surface area contributed by atoms with E-state index in [4.69, 9.17) is 4.74 Å². The van der Waals surface area contributed by atoms with Gasteiger partial charge in [-0.3, -0.25) is 14.4 Å². The van der Waals surface area contributed by atoms with Crippen LogP contribution in [0.15, 0.2) is 48.5 Å². The molecule has 0 unspecified atom stereocenters. The molecule has 1 aliphatic heterocycles. The maximum atomic E-state index is 13.5. The molecule has 3 rings (SSSR count). The summed E-state index contributed by atoms with van der Waals surface area (Å²) in [5.74, 6) is -1.68. The van der Waals surface area contributed by atoms with Crippen LogP contribution in [0, 0.1) is 5.82 Å². The average molecular weight is 385 g/mol. The Morgan fingerprint density at radius 2 is 2.00 bits per heavy atom. The van der Waals surface area contributed by atoms with Crippen molar-refractivity contribution in [2.75, 3.05) is 19.0 Å². The molecule has 1 atom stereocenters. The Labute approximate surface area is 161 Å². The molecule has 8 heteroatoms. The van der Waals surface area contributed by atoms with E-state index in [9.17, 15) is 18.8 Å². The number of carbonyl (C=O) groups excluding carboxylic acids is 3. The zero-order valence-electron chi connectivity index (χ0n) is 15.3. The summed E-state index contributed by atoms with van der Waals surface area (Å²) in [6, 6.07) is 12.3. The SMILES string of the molecule is COc1cc(NC(=O)C[C@H]2NC(=O)CN(Cc3ccccc3)C2=O)ccc1F. The molecule has 1 fully saturated rings. The smallest absolute Gasteiger partial charge is 0.246 e. The number of anilines is 1. The number of hydrogen-bond donors (Lipinski definition) is 2. The van der Waals surface area contributed by atoms with Gasteiger partial charge in [-0.2, -0.15) is 0 Å². The van der Waals surface area contributed by atoms with E-state index in [1.165, 1.54) is 30.2 Å². The van der Waals surface area contributed by atoms with Crippen LogP contribution >= 0.6 is 0 Å². The Morgan fingerprint density at radius 3 is 2.71 bits per heavy atom. The highest BCUT2D eigenvalue weighted by atomic mass is 19.1. The fraction of sp³-hybridized carbons (Fsp3) is 0.250. The van der Waals surface area contributed by atoms with Gasteiger partial charge in [0.2, 0.25) is 17.7 Å². The zero-order valence-corrected chi connectivity index (χ0v) is 15.3. The Hall–Kier alpha value is -3.42. The lowest BCUT2D eigenvalue weighted by atomic mass is 10.1. The van der Waals surface area contributed by atoms with Gasteiger partial charge in [0.1, 0.15) is 6.04 Å². The molecule has 146 valence electrons. The molecule has 2 aromatic rings. The molecule has 0 saturated carbocycles. The molecule has 0 bridgehead atoms. The van der Waals surface area contributed by atoms with Crippen molar-refractivity contribution in [3.63, 3.8) is 0 Å². The predicted molar refractivity (Wildman–Crippen MR) is 100.0 cm³/mol. The predicted octanol–water partition coefficient (Wildman–Crippen LogP) is 1.69. The third-order valence-corrected chi connectivity index (χ3v) is 4.32. The van der Waals surface area contributed by atoms with Crippen LogP contribution in [0.1, 0.15) is 12.0 Å². The monoisotopic (exact) mass is 385 g/mol. The fourth-order valence-electron chi connectivity index (χ4n) is 2.98. The molecule has 2 aromatic carbocycles. The first-order chi connectivity index (χ1) is 13.5. The van der Waals surface area contributed by atoms with Crippen molar-refractivity contribution >= 4 is 23.4 Å². The highest BCUT2D eigenvalue weighted by molar-refractivity contribution is 6.00. The minimum atomic E-state index is -0.952. The van der Waals surface area contributed by atoms with E-state index >= 15 is 0 Å². The molecule has 1 heterocycles. The summed E-state index contributed by atoms with van der Waals surface area (Å²) in [6.07, 6.45) is -0.227. The Bertz CT molecular complexity index is 888. The number of ether oxygens (including phenoxy) is 1. The highest BCUT2D eigenvalue weighted by Crippen LogP contribution is 2.22. The highest BCUT2D eigenvalue weighted by Gasteiger charge is 2.34. The van der Waals surface area contributed by atoms with Gasteiger partial charge in [-0.1, -0.05) is 30.3 Å². The first-order valence-electron chi connectivity index (χ1n) is 8.71. The Kier molecular flexibility index (Phi) is 5.88. The van der Waals surface area contributed by atoms with Gasteiger partial charge in [0, 0.05) is 18.3 Å². The Balaban J connectivity index is 1.64. The first kappa shape index (κ1) is 19.3. The minimum absolute atomic E-state index is 0.00567. The second-order valence-corrected chi connectivity index (χ2v) is 6.40. The van der Waals surface area contributed by atoms with Crippen molar-refractivity contribution in [3.05, 3.63) is 59.9 Å². The van der Waals surface area contributed by atoms with Gasteiger partial charge < -0.3 is 20.3 Å². The second-order valence-electron chi connectivity index (χ2n) is 6.40. The van der Waals surface area contributed by atoms with Gasteiger partial charge in [-0.05, 0) is 17.7 Å². The van der Waals surface area contributed by atoms with Crippen molar-refractivity contribution in [1.29, 1.82) is 0 Å². The van der Waals surface area contributed by atoms with Crippen molar-refractivity contribution in [2.45, 2.75) is 19.0 Å². The summed E-state index contributed by atoms with van der Waals surface area (Å²) < 4.78 is 18.3. The molecule has 28 heavy (non-hydrogen) atoms. The van der Waals surface area contributed by atoms with Crippen LogP contribution in [0.3, 0.4) is 0 Å². The minimum Gasteiger partial charge on any atom is -0.494 e. The summed E-state index contributed by atoms with van der Waals surface area (Å²) >= 11 is 0. The summed E-state index contributed by atoms with van der Waals surface area (Å²) in [6.45, 7) is 0.237. The van der Waals surface area contributed by atoms with E-state index in [0.29, 0.717) is 12.2 Å². The molecule has 0 spiro atoms. The number of benzene rings is 2. The molecule has 1 aliphatic rings. The zero-order chi connectivity index (χ0) is 20.1. The van der Waals surface area contributed by atoms with Crippen molar-refractivity contribution < 1.29 is 23.5 Å². The summed E-state index contributed by atoms with van der Waals surface area (Å²) in [7, 11) is 1.32. The van der Waals surface area contributed by atoms with E-state index in [-0.39, 0.29) is 30.5 Å². The van der Waals surface area contributed by atoms with E-state index in [1.54, 1.807) is 0 Å². The molecule has 2 N–H and O–H groups in total. The molecule has 0 radical (unpaired) electrons. The van der Waals surface area contributed by atoms with Crippen molar-refractivity contribution in [3.8, 4) is 5.75 Å². The van der Waals surface area contributed by atoms with Crippen LogP contribution in [-0.2, 0) is 20.9 Å². The van der Waals surface area contributed by atoms with Crippen LogP contribution in [0.25, 0.3) is 0 Å². The van der Waals surface area contributed by atoms with Crippen LogP contribution in [0.4, 0.5) is 10.1 Å². The number of carbonyl (C=O) groups is 3. The number of hydrogen-bond acceptors (Lipinski definition) is 4. The molecule has 7 nitrogen and oxygen atoms in total. The van der Waals surface area contributed by atoms with Gasteiger partial charge in [0.25, 0.3) is 0 Å². The van der Waals surface area contributed by atoms with Crippen LogP contribution in [0.2, 0.25) is 0 Å². The molecule has 0 aliphatic carbocycles. The fourth-order valence-corrected chi connectivity index (χ4v) is 2.98. The molecular weight excluding hydrogens is 365 g/mol. The van der Waals surface area contributed by atoms with Crippen LogP contribution in [-0.4, -0.2) is 42.3 Å². The lowest BCUT2D eigenvalue weighted by molar-refractivity contribution is -0.145. The maximum absolute atomic E-state index is 13.5. The van der Waals surface area contributed by atoms with Crippen molar-refractivity contribution in [2.24, 2.45) is 0 Å². The lowest BCUT2D eigenvalue weighted by Gasteiger charge is -2.32. The van der Waals surface area contributed by atoms with Crippen LogP contribution in [0.5, 0.6) is 5.75 Å². The first-order valence-corrected chi connectivity index (χ1v) is 8.71. The number of rotatable bonds is 6. The number of nitrogens with one attached hydrogen (secondary N) is 2. The average Bonchev–Trinajstić information content (AvgIpc) is 2.67. The van der Waals surface area contributed by atoms with Crippen LogP contribution < -0.4 is 15.4 Å². The third-order valence-electron chi connectivity index (χ3n) is 4.32. The van der Waals surface area contributed by atoms with Crippen molar-refractivity contribution in [1.82, 2.24) is 10.2 Å². The lowest BCUT2D eigenvalue weighted by Crippen LogP contribution is -2.58. The number of amides is 3. The van der Waals surface area contributed by atoms with Gasteiger partial charge in [-0.25, -0.2) is 4.39 Å². The van der Waals surface area contributed by atoms with Gasteiger partial charge in [0.15, 0.2) is 11.6 Å². The second kappa shape index (κ2) is 8.51. The Morgan fingerprint density at radius 1 is 1.25 bits per heavy atom. The molecule has 1 saturated heterocycles. The normalized spacial score (nSPS) is 16.5. The number of methoxy groups -OCH3 is 1. The summed E-state index contributed by atoms with van der Waals surface area (Å²) in [4.78, 5) is 38.4. The standard InChI is InChI=1S/C20H20FN3O4/c1-28-17-9-14(7-8-15(17)21)22-18(25)10-16-20(27)24(12-19(26)23-16)11-13-5-3-2-4-6-13/h2-9,16H,10-12H2,1H3,(H,22,25)(H,23,26)/t16-/m1/s1. The summed E-state index contributed by atoms with van der Waals surface area (Å²) in [5.41, 5.74) is 1.23. The molecule has 3 amide bonds. The van der Waals surface area contributed by atoms with Gasteiger partial charge in [-0.15, -0.1) is 0 Å². The van der Waals surface area contributed by atoms with E-state index in [0.717, 1.165) is 5.56 Å². The van der Waals surface area contributed by atoms with E-state index < -0.39 is 17.8 Å². The number of halogens is 1. The topological polar surface area (TPSA) is 87.7 Å². The third kappa shape index (κ3) is 4.64. The maximum Gasteiger partial charge on any atom is 0.246 e. The number of piperazine rings is 1. The molecule has 0 aromatic heterocycles. The van der Waals surface area contributed by atoms with E-state index in [2.05, 4.69) is 10.6 Å². The van der Waals surface area contributed by atoms with E-state index in [1.807, 2.05) is 30.3 Å². The quantitative estimate of drug-likeness (QED) is 0.792. The largest absolute Gasteiger partial charge is 0.494 e. The summed E-state index contributed by atoms with van der Waals surface area (Å²) in [5, 5.41) is 5.14. The van der Waals surface area contributed by atoms with Gasteiger partial charge in [0.05, 0.1) is 20.1 Å². The van der Waals surface area contributed by atoms with Gasteiger partial charge >= 0.3 is 0 Å². The molecular formula is C20H20FN3O4. The number of nitrogens with zero attached hydrogens (tertiary/aromatic N) is 1.